The summed E-state index contributed by atoms with van der Waals surface area (Å²) in [5, 5.41) is 0. The fraction of sp³-hybridized carbons (Fsp3) is 0.500. The van der Waals surface area contributed by atoms with Crippen molar-refractivity contribution < 1.29 is 4.79 Å². The molecule has 0 spiro atoms. The molecule has 2 unspecified atom stereocenters. The molecule has 4 heteroatoms. The van der Waals surface area contributed by atoms with Gasteiger partial charge in [-0.1, -0.05) is 6.92 Å². The maximum atomic E-state index is 12.6. The van der Waals surface area contributed by atoms with Crippen LogP contribution in [-0.2, 0) is 0 Å². The Morgan fingerprint density at radius 1 is 1.50 bits per heavy atom. The zero-order valence-electron chi connectivity index (χ0n) is 10.8. The standard InChI is InChI=1S/C14H19BrN2O/c1-3-11-6-4-9(2)17(11)14(18)10-5-7-13(16)12(15)8-10/h5,7-9,11H,3-4,6,16H2,1-2H3. The summed E-state index contributed by atoms with van der Waals surface area (Å²) in [4.78, 5) is 14.6. The third kappa shape index (κ3) is 2.39. The van der Waals surface area contributed by atoms with Crippen molar-refractivity contribution in [3.8, 4) is 0 Å². The van der Waals surface area contributed by atoms with E-state index in [1.54, 1.807) is 12.1 Å². The SMILES string of the molecule is CCC1CCC(C)N1C(=O)c1ccc(N)c(Br)c1. The predicted octanol–water partition coefficient (Wildman–Crippen LogP) is 3.43. The number of rotatable bonds is 2. The maximum absolute atomic E-state index is 12.6. The Hall–Kier alpha value is -1.03. The number of likely N-dealkylation sites (tertiary alicyclic amines) is 1. The second kappa shape index (κ2) is 5.31. The van der Waals surface area contributed by atoms with Gasteiger partial charge in [-0.2, -0.15) is 0 Å². The highest BCUT2D eigenvalue weighted by molar-refractivity contribution is 9.10. The molecule has 0 aromatic heterocycles. The zero-order valence-corrected chi connectivity index (χ0v) is 12.4. The van der Waals surface area contributed by atoms with Crippen LogP contribution in [-0.4, -0.2) is 22.9 Å². The molecule has 98 valence electrons. The smallest absolute Gasteiger partial charge is 0.254 e. The van der Waals surface area contributed by atoms with E-state index in [-0.39, 0.29) is 5.91 Å². The Labute approximate surface area is 116 Å². The second-order valence-corrected chi connectivity index (χ2v) is 5.79. The van der Waals surface area contributed by atoms with Gasteiger partial charge < -0.3 is 10.6 Å². The molecule has 1 aromatic carbocycles. The number of nitrogen functional groups attached to an aromatic ring is 1. The molecule has 2 rings (SSSR count). The van der Waals surface area contributed by atoms with E-state index < -0.39 is 0 Å². The van der Waals surface area contributed by atoms with Gasteiger partial charge in [0, 0.05) is 27.8 Å². The molecule has 1 aromatic rings. The summed E-state index contributed by atoms with van der Waals surface area (Å²) < 4.78 is 0.785. The van der Waals surface area contributed by atoms with E-state index in [0.29, 0.717) is 23.3 Å². The number of benzene rings is 1. The van der Waals surface area contributed by atoms with Gasteiger partial charge in [0.2, 0.25) is 0 Å². The van der Waals surface area contributed by atoms with E-state index in [9.17, 15) is 4.79 Å². The van der Waals surface area contributed by atoms with E-state index in [4.69, 9.17) is 5.73 Å². The number of amides is 1. The molecular weight excluding hydrogens is 292 g/mol. The van der Waals surface area contributed by atoms with Gasteiger partial charge in [0.05, 0.1) is 0 Å². The van der Waals surface area contributed by atoms with Crippen molar-refractivity contribution in [2.24, 2.45) is 0 Å². The van der Waals surface area contributed by atoms with E-state index >= 15 is 0 Å². The van der Waals surface area contributed by atoms with Gasteiger partial charge >= 0.3 is 0 Å². The molecule has 1 aliphatic rings. The van der Waals surface area contributed by atoms with Crippen molar-refractivity contribution in [1.29, 1.82) is 0 Å². The van der Waals surface area contributed by atoms with E-state index in [1.165, 1.54) is 0 Å². The van der Waals surface area contributed by atoms with Gasteiger partial charge in [0.1, 0.15) is 0 Å². The minimum atomic E-state index is 0.118. The lowest BCUT2D eigenvalue weighted by molar-refractivity contribution is 0.0676. The summed E-state index contributed by atoms with van der Waals surface area (Å²) in [6.07, 6.45) is 3.23. The zero-order chi connectivity index (χ0) is 13.3. The van der Waals surface area contributed by atoms with Crippen LogP contribution in [0.2, 0.25) is 0 Å². The first-order valence-corrected chi connectivity index (χ1v) is 7.21. The molecule has 3 nitrogen and oxygen atoms in total. The number of hydrogen-bond donors (Lipinski definition) is 1. The van der Waals surface area contributed by atoms with Crippen LogP contribution in [0.25, 0.3) is 0 Å². The molecule has 1 saturated heterocycles. The monoisotopic (exact) mass is 310 g/mol. The molecule has 0 bridgehead atoms. The van der Waals surface area contributed by atoms with Crippen molar-refractivity contribution in [2.75, 3.05) is 5.73 Å². The van der Waals surface area contributed by atoms with Gasteiger partial charge in [-0.15, -0.1) is 0 Å². The minimum Gasteiger partial charge on any atom is -0.398 e. The lowest BCUT2D eigenvalue weighted by Gasteiger charge is -2.28. The third-order valence-corrected chi connectivity index (χ3v) is 4.43. The molecule has 0 aliphatic carbocycles. The van der Waals surface area contributed by atoms with Crippen molar-refractivity contribution in [2.45, 2.75) is 45.2 Å². The molecule has 0 saturated carbocycles. The first kappa shape index (κ1) is 13.4. The molecule has 1 heterocycles. The van der Waals surface area contributed by atoms with Crippen molar-refractivity contribution in [3.05, 3.63) is 28.2 Å². The van der Waals surface area contributed by atoms with Gasteiger partial charge in [-0.25, -0.2) is 0 Å². The normalized spacial score (nSPS) is 23.4. The second-order valence-electron chi connectivity index (χ2n) is 4.94. The highest BCUT2D eigenvalue weighted by Gasteiger charge is 2.33. The Morgan fingerprint density at radius 3 is 2.83 bits per heavy atom. The number of hydrogen-bond acceptors (Lipinski definition) is 2. The van der Waals surface area contributed by atoms with Crippen molar-refractivity contribution in [3.63, 3.8) is 0 Å². The molecule has 1 amide bonds. The number of nitrogens with two attached hydrogens (primary N) is 1. The fourth-order valence-electron chi connectivity index (χ4n) is 2.65. The van der Waals surface area contributed by atoms with Crippen LogP contribution in [0.3, 0.4) is 0 Å². The van der Waals surface area contributed by atoms with Crippen LogP contribution >= 0.6 is 15.9 Å². The third-order valence-electron chi connectivity index (χ3n) is 3.74. The van der Waals surface area contributed by atoms with Crippen LogP contribution in [0, 0.1) is 0 Å². The average molecular weight is 311 g/mol. The van der Waals surface area contributed by atoms with Gasteiger partial charge in [0.25, 0.3) is 5.91 Å². The van der Waals surface area contributed by atoms with Crippen molar-refractivity contribution in [1.82, 2.24) is 4.90 Å². The number of carbonyl (C=O) groups excluding carboxylic acids is 1. The highest BCUT2D eigenvalue weighted by atomic mass is 79.9. The highest BCUT2D eigenvalue weighted by Crippen LogP contribution is 2.29. The van der Waals surface area contributed by atoms with E-state index in [2.05, 4.69) is 29.8 Å². The largest absolute Gasteiger partial charge is 0.398 e. The summed E-state index contributed by atoms with van der Waals surface area (Å²) >= 11 is 3.37. The first-order valence-electron chi connectivity index (χ1n) is 6.42. The van der Waals surface area contributed by atoms with E-state index in [0.717, 1.165) is 23.7 Å². The van der Waals surface area contributed by atoms with Crippen molar-refractivity contribution >= 4 is 27.5 Å². The molecular formula is C14H19BrN2O. The summed E-state index contributed by atoms with van der Waals surface area (Å²) in [6.45, 7) is 4.27. The fourth-order valence-corrected chi connectivity index (χ4v) is 3.03. The summed E-state index contributed by atoms with van der Waals surface area (Å²) in [7, 11) is 0. The lowest BCUT2D eigenvalue weighted by atomic mass is 10.1. The Morgan fingerprint density at radius 2 is 2.22 bits per heavy atom. The summed E-state index contributed by atoms with van der Waals surface area (Å²) in [5.41, 5.74) is 7.12. The molecule has 1 fully saturated rings. The van der Waals surface area contributed by atoms with Crippen LogP contribution < -0.4 is 5.73 Å². The van der Waals surface area contributed by atoms with Crippen LogP contribution in [0.1, 0.15) is 43.5 Å². The van der Waals surface area contributed by atoms with Gasteiger partial charge in [-0.3, -0.25) is 4.79 Å². The Balaban J connectivity index is 2.27. The number of carbonyl (C=O) groups is 1. The molecule has 0 radical (unpaired) electrons. The average Bonchev–Trinajstić information content (AvgIpc) is 2.73. The molecule has 18 heavy (non-hydrogen) atoms. The van der Waals surface area contributed by atoms with Crippen LogP contribution in [0.15, 0.2) is 22.7 Å². The lowest BCUT2D eigenvalue weighted by Crippen LogP contribution is -2.39. The predicted molar refractivity (Wildman–Crippen MR) is 77.5 cm³/mol. The number of halogens is 1. The van der Waals surface area contributed by atoms with Crippen LogP contribution in [0.4, 0.5) is 5.69 Å². The van der Waals surface area contributed by atoms with E-state index in [1.807, 2.05) is 11.0 Å². The van der Waals surface area contributed by atoms with Gasteiger partial charge in [0.15, 0.2) is 0 Å². The first-order chi connectivity index (χ1) is 8.54. The maximum Gasteiger partial charge on any atom is 0.254 e. The summed E-state index contributed by atoms with van der Waals surface area (Å²) in [6, 6.07) is 6.11. The Bertz CT molecular complexity index is 461. The number of nitrogens with zero attached hydrogens (tertiary/aromatic N) is 1. The van der Waals surface area contributed by atoms with Crippen LogP contribution in [0.5, 0.6) is 0 Å². The number of anilines is 1. The molecule has 2 N–H and O–H groups in total. The Kier molecular flexibility index (Phi) is 3.95. The molecule has 2 atom stereocenters. The minimum absolute atomic E-state index is 0.118. The summed E-state index contributed by atoms with van der Waals surface area (Å²) in [5.74, 6) is 0.118. The topological polar surface area (TPSA) is 46.3 Å². The molecule has 1 aliphatic heterocycles. The quantitative estimate of drug-likeness (QED) is 0.851. The van der Waals surface area contributed by atoms with Gasteiger partial charge in [-0.05, 0) is 60.3 Å².